The van der Waals surface area contributed by atoms with Gasteiger partial charge in [0.05, 0.1) is 41.8 Å². The Labute approximate surface area is 578 Å². The molecular weight excluding hydrogens is 1370 g/mol. The zero-order chi connectivity index (χ0) is 64.7. The van der Waals surface area contributed by atoms with E-state index < -0.39 is 24.1 Å². The van der Waals surface area contributed by atoms with Crippen LogP contribution in [0.25, 0.3) is 0 Å². The average molecular weight is 1460 g/mol. The van der Waals surface area contributed by atoms with Crippen LogP contribution < -0.4 is 22.1 Å². The van der Waals surface area contributed by atoms with E-state index >= 15 is 0 Å². The molecule has 4 aromatic heterocycles. The number of aryl methyl sites for hydroxylation is 6. The number of aromatic nitrogens is 6. The van der Waals surface area contributed by atoms with Crippen LogP contribution in [0.3, 0.4) is 0 Å². The van der Waals surface area contributed by atoms with Crippen molar-refractivity contribution in [1.82, 2.24) is 69.1 Å². The SMILES string of the molecule is C.C.Cc1cn(CCNC(=O)[C@H]2CN(C3c4ccc(Cl)cc4CCc4cc(Br)cnc43)CCN2C(=O)CC2CCN(C(N)=O)CC2)cn1.Cc1cncn1CCNC(=O)[C@H]1CN(C2c3ccc(Cl)cc3CCc3cc(Br)cnc32)CCN1C(=O)CC1CCN(C(N)=O)CC1. The number of benzene rings is 2. The van der Waals surface area contributed by atoms with Crippen LogP contribution in [0.5, 0.6) is 0 Å². The first-order valence-electron chi connectivity index (χ1n) is 31.9. The van der Waals surface area contributed by atoms with Crippen molar-refractivity contribution in [2.24, 2.45) is 23.3 Å². The van der Waals surface area contributed by atoms with Crippen molar-refractivity contribution in [3.63, 3.8) is 0 Å². The third kappa shape index (κ3) is 17.0. The Bertz CT molecular complexity index is 3580. The molecule has 94 heavy (non-hydrogen) atoms. The summed E-state index contributed by atoms with van der Waals surface area (Å²) in [5, 5.41) is 7.60. The van der Waals surface area contributed by atoms with Crippen LogP contribution >= 0.6 is 55.1 Å². The number of piperidine rings is 2. The van der Waals surface area contributed by atoms with Crippen LogP contribution in [0.15, 0.2) is 94.9 Å². The second-order valence-electron chi connectivity index (χ2n) is 25.1. The number of piperazine rings is 2. The lowest BCUT2D eigenvalue weighted by Crippen LogP contribution is -2.61. The van der Waals surface area contributed by atoms with Crippen LogP contribution in [-0.2, 0) is 58.0 Å². The molecule has 2 aliphatic carbocycles. The van der Waals surface area contributed by atoms with E-state index in [0.717, 1.165) is 105 Å². The number of imidazole rings is 2. The third-order valence-electron chi connectivity index (χ3n) is 19.2. The van der Waals surface area contributed by atoms with E-state index in [1.54, 1.807) is 38.5 Å². The lowest BCUT2D eigenvalue weighted by Gasteiger charge is -2.44. The van der Waals surface area contributed by atoms with Gasteiger partial charge in [-0.25, -0.2) is 19.6 Å². The van der Waals surface area contributed by atoms with Gasteiger partial charge in [-0.1, -0.05) is 50.2 Å². The topological polar surface area (TPSA) is 259 Å². The van der Waals surface area contributed by atoms with Crippen LogP contribution in [0.4, 0.5) is 9.59 Å². The fraction of sp³-hybridized carbons (Fsp3) is 0.500. The Morgan fingerprint density at radius 1 is 0.564 bits per heavy atom. The Morgan fingerprint density at radius 3 is 1.43 bits per heavy atom. The highest BCUT2D eigenvalue weighted by atomic mass is 79.9. The largest absolute Gasteiger partial charge is 0.352 e. The minimum Gasteiger partial charge on any atom is -0.352 e. The van der Waals surface area contributed by atoms with E-state index in [1.165, 1.54) is 11.1 Å². The number of halogens is 4. The predicted octanol–water partition coefficient (Wildman–Crippen LogP) is 8.67. The number of hydrogen-bond acceptors (Lipinski definition) is 12. The monoisotopic (exact) mass is 1450 g/mol. The van der Waals surface area contributed by atoms with Crippen molar-refractivity contribution < 1.29 is 28.8 Å². The molecule has 8 heterocycles. The highest BCUT2D eigenvalue weighted by Crippen LogP contribution is 2.41. The number of rotatable bonds is 14. The van der Waals surface area contributed by atoms with Gasteiger partial charge >= 0.3 is 12.1 Å². The summed E-state index contributed by atoms with van der Waals surface area (Å²) in [5.41, 5.74) is 21.7. The Hall–Kier alpha value is -6.96. The van der Waals surface area contributed by atoms with Gasteiger partial charge in [0.15, 0.2) is 0 Å². The molecule has 4 fully saturated rings. The first-order chi connectivity index (χ1) is 44.3. The number of carbonyl (C=O) groups is 6. The highest BCUT2D eigenvalue weighted by molar-refractivity contribution is 9.10. The molecule has 4 aliphatic heterocycles. The molecule has 0 radical (unpaired) electrons. The van der Waals surface area contributed by atoms with Crippen LogP contribution in [0.1, 0.15) is 122 Å². The van der Waals surface area contributed by atoms with Gasteiger partial charge in [-0.05, 0) is 179 Å². The predicted molar refractivity (Wildman–Crippen MR) is 370 cm³/mol. The molecule has 4 atom stereocenters. The number of hydrogen-bond donors (Lipinski definition) is 4. The van der Waals surface area contributed by atoms with Crippen LogP contribution in [0, 0.1) is 25.7 Å². The van der Waals surface area contributed by atoms with Gasteiger partial charge < -0.3 is 50.8 Å². The molecular formula is C68H88Br2Cl2N16O6. The second kappa shape index (κ2) is 32.2. The second-order valence-corrected chi connectivity index (χ2v) is 27.8. The first-order valence-corrected chi connectivity index (χ1v) is 34.2. The maximum atomic E-state index is 14.0. The normalized spacial score (nSPS) is 20.1. The Kier molecular flexibility index (Phi) is 24.4. The average Bonchev–Trinajstić information content (AvgIpc) is 1.41. The number of nitrogens with zero attached hydrogens (tertiary/aromatic N) is 12. The van der Waals surface area contributed by atoms with Crippen molar-refractivity contribution in [1.29, 1.82) is 0 Å². The van der Waals surface area contributed by atoms with Crippen LogP contribution in [0.2, 0.25) is 10.0 Å². The summed E-state index contributed by atoms with van der Waals surface area (Å²) in [6.07, 6.45) is 17.8. The summed E-state index contributed by atoms with van der Waals surface area (Å²) < 4.78 is 5.79. The summed E-state index contributed by atoms with van der Waals surface area (Å²) in [4.78, 5) is 109. The molecule has 8 amide bonds. The van der Waals surface area contributed by atoms with Gasteiger partial charge in [0, 0.05) is 154 Å². The highest BCUT2D eigenvalue weighted by Gasteiger charge is 2.43. The number of amides is 8. The fourth-order valence-corrected chi connectivity index (χ4v) is 15.3. The lowest BCUT2D eigenvalue weighted by molar-refractivity contribution is -0.145. The molecule has 0 saturated carbocycles. The van der Waals surface area contributed by atoms with Crippen LogP contribution in [-0.4, -0.2) is 185 Å². The zero-order valence-electron chi connectivity index (χ0n) is 52.0. The summed E-state index contributed by atoms with van der Waals surface area (Å²) >= 11 is 20.1. The molecule has 22 nitrogen and oxygen atoms in total. The Morgan fingerprint density at radius 2 is 1.01 bits per heavy atom. The molecule has 0 bridgehead atoms. The number of nitrogens with one attached hydrogen (secondary N) is 2. The molecule has 4 saturated heterocycles. The maximum absolute atomic E-state index is 14.0. The van der Waals surface area contributed by atoms with Crippen molar-refractivity contribution in [3.8, 4) is 0 Å². The number of urea groups is 2. The number of nitrogens with two attached hydrogens (primary N) is 2. The van der Waals surface area contributed by atoms with E-state index in [9.17, 15) is 28.8 Å². The van der Waals surface area contributed by atoms with Gasteiger partial charge in [0.2, 0.25) is 23.6 Å². The molecule has 6 N–H and O–H groups in total. The molecule has 26 heteroatoms. The van der Waals surface area contributed by atoms with Gasteiger partial charge in [-0.2, -0.15) is 0 Å². The molecule has 0 spiro atoms. The van der Waals surface area contributed by atoms with Gasteiger partial charge in [0.1, 0.15) is 12.1 Å². The number of pyridine rings is 2. The molecule has 6 aliphatic rings. The minimum absolute atomic E-state index is 0. The van der Waals surface area contributed by atoms with E-state index in [0.29, 0.717) is 115 Å². The maximum Gasteiger partial charge on any atom is 0.314 e. The summed E-state index contributed by atoms with van der Waals surface area (Å²) in [6.45, 7) is 10.9. The van der Waals surface area contributed by atoms with E-state index in [4.69, 9.17) is 44.6 Å². The molecule has 504 valence electrons. The third-order valence-corrected chi connectivity index (χ3v) is 20.5. The summed E-state index contributed by atoms with van der Waals surface area (Å²) in [7, 11) is 0. The standard InChI is InChI=1S/2C33H40BrClN8O3.2CH4/c1-21-18-40(20-39-21)11-8-37-32(45)28-19-42(12-13-43(28)29(44)14-22-6-9-41(10-7-22)33(36)46)31-27-5-4-26(35)16-23(27)2-3-24-15-25(34)17-38-30(24)31;1-21-17-37-20-42(21)11-8-38-32(45)28-19-41(12-13-43(28)29(44)14-22-6-9-40(10-7-22)33(36)46)31-27-5-4-26(35)16-23(27)2-3-24-15-25(34)18-39-30(24)31;;/h4-5,15-18,20,22,28,31H,2-3,6-14,19H2,1H3,(H2,36,46)(H,37,45);4-5,15-18,20,22,28,31H,2-3,6-14,19H2,1H3,(H2,36,46)(H,38,45);2*1H4/t2*28-,31?;;/m11../s1. The van der Waals surface area contributed by atoms with Gasteiger partial charge in [-0.15, -0.1) is 0 Å². The molecule has 2 unspecified atom stereocenters. The lowest BCUT2D eigenvalue weighted by atomic mass is 9.92. The number of fused-ring (bicyclic) bond motifs is 4. The number of likely N-dealkylation sites (tertiary alicyclic amines) is 2. The van der Waals surface area contributed by atoms with E-state index in [-0.39, 0.29) is 62.4 Å². The fourth-order valence-electron chi connectivity index (χ4n) is 14.2. The summed E-state index contributed by atoms with van der Waals surface area (Å²) in [5.74, 6) is -0.124. The van der Waals surface area contributed by atoms with Crippen molar-refractivity contribution in [2.45, 2.75) is 130 Å². The summed E-state index contributed by atoms with van der Waals surface area (Å²) in [6, 6.07) is 13.8. The zero-order valence-corrected chi connectivity index (χ0v) is 56.7. The molecule has 12 rings (SSSR count). The van der Waals surface area contributed by atoms with E-state index in [1.807, 2.05) is 65.8 Å². The van der Waals surface area contributed by atoms with Crippen molar-refractivity contribution >= 4 is 90.8 Å². The van der Waals surface area contributed by atoms with Crippen molar-refractivity contribution in [2.75, 3.05) is 78.5 Å². The quantitative estimate of drug-likeness (QED) is 0.0799. The molecule has 2 aromatic carbocycles. The smallest absolute Gasteiger partial charge is 0.314 e. The number of primary amides is 2. The van der Waals surface area contributed by atoms with Gasteiger partial charge in [-0.3, -0.25) is 38.9 Å². The van der Waals surface area contributed by atoms with Gasteiger partial charge in [0.25, 0.3) is 0 Å². The van der Waals surface area contributed by atoms with Crippen molar-refractivity contribution in [3.05, 3.63) is 161 Å². The molecule has 6 aromatic rings. The number of carbonyl (C=O) groups excluding carboxylic acids is 6. The first kappa shape index (κ1) is 71.3. The Balaban J connectivity index is 0.000000217. The van der Waals surface area contributed by atoms with E-state index in [2.05, 4.69) is 86.5 Å². The minimum atomic E-state index is -0.672.